The van der Waals surface area contributed by atoms with E-state index in [1.807, 2.05) is 13.8 Å². The molecular weight excluding hydrogens is 228 g/mol. The minimum absolute atomic E-state index is 0.508. The average molecular weight is 269 g/mol. The van der Waals surface area contributed by atoms with Crippen LogP contribution >= 0.6 is 0 Å². The van der Waals surface area contributed by atoms with E-state index in [-0.39, 0.29) is 0 Å². The SMILES string of the molecule is CC.CCC(C)C(C)(C)CC1CCCC(C)C1(C)C. The molecule has 1 fully saturated rings. The van der Waals surface area contributed by atoms with Crippen molar-refractivity contribution in [1.82, 2.24) is 0 Å². The third kappa shape index (κ3) is 4.80. The molecule has 1 saturated carbocycles. The van der Waals surface area contributed by atoms with Crippen LogP contribution in [0.2, 0.25) is 0 Å². The fourth-order valence-corrected chi connectivity index (χ4v) is 3.57. The molecule has 1 aliphatic rings. The van der Waals surface area contributed by atoms with E-state index < -0.39 is 0 Å². The first-order valence-corrected chi connectivity index (χ1v) is 8.71. The summed E-state index contributed by atoms with van der Waals surface area (Å²) in [6, 6.07) is 0. The van der Waals surface area contributed by atoms with Crippen molar-refractivity contribution in [3.05, 3.63) is 0 Å². The molecule has 0 saturated heterocycles. The molecule has 0 bridgehead atoms. The summed E-state index contributed by atoms with van der Waals surface area (Å²) in [5.41, 5.74) is 1.05. The smallest absolute Gasteiger partial charge is 0.0300 e. The maximum Gasteiger partial charge on any atom is -0.0300 e. The van der Waals surface area contributed by atoms with Gasteiger partial charge in [0.25, 0.3) is 0 Å². The molecule has 0 aliphatic heterocycles. The van der Waals surface area contributed by atoms with Gasteiger partial charge in [0.1, 0.15) is 0 Å². The normalized spacial score (nSPS) is 28.3. The molecule has 3 atom stereocenters. The summed E-state index contributed by atoms with van der Waals surface area (Å²) < 4.78 is 0. The molecule has 0 heteroatoms. The van der Waals surface area contributed by atoms with Crippen molar-refractivity contribution in [3.63, 3.8) is 0 Å². The first kappa shape index (κ1) is 19.0. The fraction of sp³-hybridized carbons (Fsp3) is 1.00. The summed E-state index contributed by atoms with van der Waals surface area (Å²) in [6.07, 6.45) is 7.07. The van der Waals surface area contributed by atoms with Gasteiger partial charge in [-0.3, -0.25) is 0 Å². The second kappa shape index (κ2) is 7.70. The molecule has 0 aromatic rings. The number of hydrogen-bond acceptors (Lipinski definition) is 0. The Morgan fingerprint density at radius 1 is 1.16 bits per heavy atom. The molecule has 0 aromatic carbocycles. The van der Waals surface area contributed by atoms with Gasteiger partial charge in [-0.15, -0.1) is 0 Å². The van der Waals surface area contributed by atoms with Gasteiger partial charge in [-0.05, 0) is 41.4 Å². The Kier molecular flexibility index (Phi) is 7.70. The second-order valence-electron chi connectivity index (χ2n) is 7.85. The van der Waals surface area contributed by atoms with Gasteiger partial charge in [0.2, 0.25) is 0 Å². The van der Waals surface area contributed by atoms with E-state index in [4.69, 9.17) is 0 Å². The van der Waals surface area contributed by atoms with Crippen LogP contribution in [-0.2, 0) is 0 Å². The molecule has 0 nitrogen and oxygen atoms in total. The van der Waals surface area contributed by atoms with Crippen molar-refractivity contribution >= 4 is 0 Å². The monoisotopic (exact) mass is 268 g/mol. The Morgan fingerprint density at radius 2 is 1.68 bits per heavy atom. The van der Waals surface area contributed by atoms with E-state index in [0.717, 1.165) is 17.8 Å². The molecule has 116 valence electrons. The van der Waals surface area contributed by atoms with Crippen LogP contribution in [0.5, 0.6) is 0 Å². The van der Waals surface area contributed by atoms with Crippen molar-refractivity contribution in [2.45, 2.75) is 94.4 Å². The molecule has 3 unspecified atom stereocenters. The molecule has 0 aromatic heterocycles. The summed E-state index contributed by atoms with van der Waals surface area (Å²) in [5.74, 6) is 2.67. The summed E-state index contributed by atoms with van der Waals surface area (Å²) in [7, 11) is 0. The van der Waals surface area contributed by atoms with Crippen LogP contribution in [0.25, 0.3) is 0 Å². The minimum atomic E-state index is 0.508. The lowest BCUT2D eigenvalue weighted by molar-refractivity contribution is 0.0237. The highest BCUT2D eigenvalue weighted by Gasteiger charge is 2.41. The van der Waals surface area contributed by atoms with Gasteiger partial charge in [0, 0.05) is 0 Å². The topological polar surface area (TPSA) is 0 Å². The first-order chi connectivity index (χ1) is 8.71. The molecular formula is C19H40. The largest absolute Gasteiger partial charge is 0.0683 e. The average Bonchev–Trinajstić information content (AvgIpc) is 2.36. The highest BCUT2D eigenvalue weighted by atomic mass is 14.5. The van der Waals surface area contributed by atoms with E-state index in [1.165, 1.54) is 32.1 Å². The molecule has 19 heavy (non-hydrogen) atoms. The van der Waals surface area contributed by atoms with Crippen molar-refractivity contribution in [1.29, 1.82) is 0 Å². The molecule has 1 rings (SSSR count). The lowest BCUT2D eigenvalue weighted by Crippen LogP contribution is -2.38. The molecule has 0 spiro atoms. The lowest BCUT2D eigenvalue weighted by atomic mass is 9.58. The zero-order valence-corrected chi connectivity index (χ0v) is 15.3. The lowest BCUT2D eigenvalue weighted by Gasteiger charge is -2.48. The molecule has 1 aliphatic carbocycles. The minimum Gasteiger partial charge on any atom is -0.0683 e. The molecule has 0 N–H and O–H groups in total. The van der Waals surface area contributed by atoms with Crippen molar-refractivity contribution in [3.8, 4) is 0 Å². The standard InChI is InChI=1S/C17H34.C2H6/c1-8-13(2)16(4,5)12-15-11-9-10-14(3)17(15,6)7;1-2/h13-15H,8-12H2,1-7H3;1-2H3. The molecule has 0 radical (unpaired) electrons. The summed E-state index contributed by atoms with van der Waals surface area (Å²) in [5, 5.41) is 0. The van der Waals surface area contributed by atoms with E-state index >= 15 is 0 Å². The van der Waals surface area contributed by atoms with Gasteiger partial charge >= 0.3 is 0 Å². The van der Waals surface area contributed by atoms with Crippen LogP contribution < -0.4 is 0 Å². The highest BCUT2D eigenvalue weighted by molar-refractivity contribution is 4.91. The van der Waals surface area contributed by atoms with Gasteiger partial charge < -0.3 is 0 Å². The van der Waals surface area contributed by atoms with Crippen molar-refractivity contribution in [2.24, 2.45) is 28.6 Å². The van der Waals surface area contributed by atoms with Crippen LogP contribution in [0.3, 0.4) is 0 Å². The van der Waals surface area contributed by atoms with Crippen LogP contribution in [0.1, 0.15) is 94.4 Å². The van der Waals surface area contributed by atoms with E-state index in [9.17, 15) is 0 Å². The Morgan fingerprint density at radius 3 is 2.16 bits per heavy atom. The predicted molar refractivity (Wildman–Crippen MR) is 89.5 cm³/mol. The molecule has 0 amide bonds. The van der Waals surface area contributed by atoms with Gasteiger partial charge in [-0.1, -0.05) is 81.6 Å². The fourth-order valence-electron chi connectivity index (χ4n) is 3.57. The van der Waals surface area contributed by atoms with Crippen LogP contribution in [-0.4, -0.2) is 0 Å². The van der Waals surface area contributed by atoms with Gasteiger partial charge in [-0.2, -0.15) is 0 Å². The summed E-state index contributed by atoms with van der Waals surface area (Å²) >= 11 is 0. The van der Waals surface area contributed by atoms with Crippen molar-refractivity contribution in [2.75, 3.05) is 0 Å². The highest BCUT2D eigenvalue weighted by Crippen LogP contribution is 2.50. The second-order valence-corrected chi connectivity index (χ2v) is 7.85. The number of rotatable bonds is 4. The Hall–Kier alpha value is 0. The van der Waals surface area contributed by atoms with Gasteiger partial charge in [0.15, 0.2) is 0 Å². The maximum absolute atomic E-state index is 2.51. The summed E-state index contributed by atoms with van der Waals surface area (Å²) in [4.78, 5) is 0. The van der Waals surface area contributed by atoms with Crippen molar-refractivity contribution < 1.29 is 0 Å². The zero-order valence-electron chi connectivity index (χ0n) is 15.3. The Balaban J connectivity index is 0.00000154. The molecule has 0 heterocycles. The van der Waals surface area contributed by atoms with E-state index in [0.29, 0.717) is 10.8 Å². The van der Waals surface area contributed by atoms with Crippen LogP contribution in [0, 0.1) is 28.6 Å². The van der Waals surface area contributed by atoms with Crippen LogP contribution in [0.15, 0.2) is 0 Å². The predicted octanol–water partition coefficient (Wildman–Crippen LogP) is 6.94. The Bertz CT molecular complexity index is 236. The van der Waals surface area contributed by atoms with E-state index in [2.05, 4.69) is 48.5 Å². The van der Waals surface area contributed by atoms with Gasteiger partial charge in [0.05, 0.1) is 0 Å². The third-order valence-electron chi connectivity index (χ3n) is 6.23. The number of hydrogen-bond donors (Lipinski definition) is 0. The van der Waals surface area contributed by atoms with E-state index in [1.54, 1.807) is 0 Å². The van der Waals surface area contributed by atoms with Gasteiger partial charge in [-0.25, -0.2) is 0 Å². The summed E-state index contributed by atoms with van der Waals surface area (Å²) in [6.45, 7) is 21.2. The quantitative estimate of drug-likeness (QED) is 0.518. The Labute approximate surface area is 123 Å². The zero-order chi connectivity index (χ0) is 15.3. The first-order valence-electron chi connectivity index (χ1n) is 8.71. The maximum atomic E-state index is 2.51. The van der Waals surface area contributed by atoms with Crippen LogP contribution in [0.4, 0.5) is 0 Å². The third-order valence-corrected chi connectivity index (χ3v) is 6.23.